The van der Waals surface area contributed by atoms with Crippen molar-refractivity contribution in [1.29, 1.82) is 0 Å². The van der Waals surface area contributed by atoms with E-state index in [0.717, 1.165) is 14.9 Å². The first-order valence-corrected chi connectivity index (χ1v) is 6.38. The van der Waals surface area contributed by atoms with E-state index in [1.54, 1.807) is 6.92 Å². The van der Waals surface area contributed by atoms with Gasteiger partial charge in [0.1, 0.15) is 5.54 Å². The average molecular weight is 312 g/mol. The number of nitrogens with two attached hydrogens (primary N) is 1. The molecule has 3 N–H and O–H groups in total. The molecular weight excluding hydrogens is 298 g/mol. The van der Waals surface area contributed by atoms with E-state index in [0.29, 0.717) is 0 Å². The van der Waals surface area contributed by atoms with E-state index in [9.17, 15) is 9.59 Å². The topological polar surface area (TPSA) is 75.4 Å². The quantitative estimate of drug-likeness (QED) is 0.823. The molecule has 1 unspecified atom stereocenters. The van der Waals surface area contributed by atoms with Crippen LogP contribution in [0, 0.1) is 0 Å². The molecule has 1 atom stereocenters. The lowest BCUT2D eigenvalue weighted by Crippen LogP contribution is -2.41. The molecule has 18 heavy (non-hydrogen) atoms. The van der Waals surface area contributed by atoms with Crippen molar-refractivity contribution in [3.05, 3.63) is 34.3 Å². The number of amides is 3. The second-order valence-electron chi connectivity index (χ2n) is 4.31. The van der Waals surface area contributed by atoms with Gasteiger partial charge in [0.2, 0.25) is 0 Å². The van der Waals surface area contributed by atoms with Crippen LogP contribution in [0.5, 0.6) is 0 Å². The average Bonchev–Trinajstić information content (AvgIpc) is 2.55. The Morgan fingerprint density at radius 2 is 1.94 bits per heavy atom. The third kappa shape index (κ3) is 2.02. The standard InChI is InChI=1S/C12H14BrN3O2/c1-12(8-2-4-9(13)5-3-8)10(17)16(7-6-14)11(18)15-12/h2-5H,6-7,14H2,1H3,(H,15,18). The van der Waals surface area contributed by atoms with Crippen molar-refractivity contribution in [1.82, 2.24) is 10.2 Å². The Morgan fingerprint density at radius 3 is 2.50 bits per heavy atom. The number of urea groups is 1. The summed E-state index contributed by atoms with van der Waals surface area (Å²) >= 11 is 3.34. The number of hydrogen-bond acceptors (Lipinski definition) is 3. The van der Waals surface area contributed by atoms with Gasteiger partial charge in [-0.1, -0.05) is 28.1 Å². The highest BCUT2D eigenvalue weighted by atomic mass is 79.9. The predicted octanol–water partition coefficient (Wildman–Crippen LogP) is 1.17. The lowest BCUT2D eigenvalue weighted by atomic mass is 9.92. The van der Waals surface area contributed by atoms with E-state index < -0.39 is 11.6 Å². The van der Waals surface area contributed by atoms with Crippen LogP contribution < -0.4 is 11.1 Å². The van der Waals surface area contributed by atoms with Gasteiger partial charge in [0.15, 0.2) is 0 Å². The highest BCUT2D eigenvalue weighted by Crippen LogP contribution is 2.29. The van der Waals surface area contributed by atoms with E-state index in [1.807, 2.05) is 24.3 Å². The lowest BCUT2D eigenvalue weighted by Gasteiger charge is -2.22. The van der Waals surface area contributed by atoms with Crippen LogP contribution in [-0.2, 0) is 10.3 Å². The van der Waals surface area contributed by atoms with E-state index >= 15 is 0 Å². The molecule has 96 valence electrons. The Kier molecular flexibility index (Phi) is 3.41. The molecule has 3 amide bonds. The molecule has 1 aliphatic heterocycles. The Hall–Kier alpha value is -1.40. The molecule has 0 bridgehead atoms. The summed E-state index contributed by atoms with van der Waals surface area (Å²) in [4.78, 5) is 25.2. The van der Waals surface area contributed by atoms with Crippen LogP contribution in [0.4, 0.5) is 4.79 Å². The maximum absolute atomic E-state index is 12.3. The van der Waals surface area contributed by atoms with Gasteiger partial charge in [-0.3, -0.25) is 9.69 Å². The second-order valence-corrected chi connectivity index (χ2v) is 5.22. The highest BCUT2D eigenvalue weighted by molar-refractivity contribution is 9.10. The highest BCUT2D eigenvalue weighted by Gasteiger charge is 2.48. The third-order valence-electron chi connectivity index (χ3n) is 3.05. The summed E-state index contributed by atoms with van der Waals surface area (Å²) in [5.74, 6) is -0.264. The number of imide groups is 1. The zero-order valence-corrected chi connectivity index (χ0v) is 11.5. The van der Waals surface area contributed by atoms with Crippen molar-refractivity contribution in [2.24, 2.45) is 5.73 Å². The van der Waals surface area contributed by atoms with Crippen LogP contribution in [0.15, 0.2) is 28.7 Å². The first-order chi connectivity index (χ1) is 8.49. The molecule has 0 spiro atoms. The van der Waals surface area contributed by atoms with Gasteiger partial charge in [-0.2, -0.15) is 0 Å². The van der Waals surface area contributed by atoms with E-state index in [2.05, 4.69) is 21.2 Å². The smallest absolute Gasteiger partial charge is 0.325 e. The SMILES string of the molecule is CC1(c2ccc(Br)cc2)NC(=O)N(CCN)C1=O. The Bertz CT molecular complexity index is 489. The minimum absolute atomic E-state index is 0.233. The summed E-state index contributed by atoms with van der Waals surface area (Å²) in [6.07, 6.45) is 0. The van der Waals surface area contributed by atoms with Crippen molar-refractivity contribution in [3.8, 4) is 0 Å². The maximum Gasteiger partial charge on any atom is 0.325 e. The number of carbonyl (C=O) groups excluding carboxylic acids is 2. The Labute approximate surface area is 113 Å². The number of nitrogens with zero attached hydrogens (tertiary/aromatic N) is 1. The van der Waals surface area contributed by atoms with Crippen molar-refractivity contribution in [3.63, 3.8) is 0 Å². The zero-order valence-electron chi connectivity index (χ0n) is 9.94. The lowest BCUT2D eigenvalue weighted by molar-refractivity contribution is -0.131. The molecule has 0 aliphatic carbocycles. The predicted molar refractivity (Wildman–Crippen MR) is 70.8 cm³/mol. The van der Waals surface area contributed by atoms with Crippen LogP contribution in [0.25, 0.3) is 0 Å². The summed E-state index contributed by atoms with van der Waals surface area (Å²) in [5, 5.41) is 2.72. The fourth-order valence-electron chi connectivity index (χ4n) is 2.01. The van der Waals surface area contributed by atoms with Crippen LogP contribution in [-0.4, -0.2) is 29.9 Å². The molecule has 0 saturated carbocycles. The largest absolute Gasteiger partial charge is 0.329 e. The van der Waals surface area contributed by atoms with Crippen molar-refractivity contribution >= 4 is 27.9 Å². The molecule has 1 heterocycles. The minimum Gasteiger partial charge on any atom is -0.329 e. The van der Waals surface area contributed by atoms with E-state index in [1.165, 1.54) is 0 Å². The second kappa shape index (κ2) is 4.70. The summed E-state index contributed by atoms with van der Waals surface area (Å²) in [6.45, 7) is 2.19. The van der Waals surface area contributed by atoms with Gasteiger partial charge in [-0.25, -0.2) is 4.79 Å². The van der Waals surface area contributed by atoms with Gasteiger partial charge >= 0.3 is 6.03 Å². The van der Waals surface area contributed by atoms with Crippen LogP contribution >= 0.6 is 15.9 Å². The summed E-state index contributed by atoms with van der Waals surface area (Å²) in [6, 6.07) is 6.91. The van der Waals surface area contributed by atoms with Crippen molar-refractivity contribution in [2.45, 2.75) is 12.5 Å². The number of hydrogen-bond donors (Lipinski definition) is 2. The van der Waals surface area contributed by atoms with Gasteiger partial charge in [0, 0.05) is 17.6 Å². The van der Waals surface area contributed by atoms with Crippen molar-refractivity contribution < 1.29 is 9.59 Å². The molecule has 2 rings (SSSR count). The van der Waals surface area contributed by atoms with Gasteiger partial charge in [-0.15, -0.1) is 0 Å². The Morgan fingerprint density at radius 1 is 1.33 bits per heavy atom. The number of carbonyl (C=O) groups is 2. The fraction of sp³-hybridized carbons (Fsp3) is 0.333. The molecule has 6 heteroatoms. The zero-order chi connectivity index (χ0) is 13.3. The molecule has 0 radical (unpaired) electrons. The molecule has 1 aromatic rings. The van der Waals surface area contributed by atoms with Crippen LogP contribution in [0.2, 0.25) is 0 Å². The first-order valence-electron chi connectivity index (χ1n) is 5.59. The molecule has 0 aromatic heterocycles. The first kappa shape index (κ1) is 13.0. The van der Waals surface area contributed by atoms with Gasteiger partial charge in [0.05, 0.1) is 0 Å². The fourth-order valence-corrected chi connectivity index (χ4v) is 2.27. The monoisotopic (exact) mass is 311 g/mol. The normalized spacial score (nSPS) is 23.4. The molecule has 1 fully saturated rings. The van der Waals surface area contributed by atoms with E-state index in [-0.39, 0.29) is 19.0 Å². The maximum atomic E-state index is 12.3. The summed E-state index contributed by atoms with van der Waals surface area (Å²) < 4.78 is 0.922. The van der Waals surface area contributed by atoms with Gasteiger partial charge in [-0.05, 0) is 24.6 Å². The van der Waals surface area contributed by atoms with Crippen LogP contribution in [0.3, 0.4) is 0 Å². The Balaban J connectivity index is 2.35. The number of nitrogens with one attached hydrogen (secondary N) is 1. The van der Waals surface area contributed by atoms with Crippen LogP contribution in [0.1, 0.15) is 12.5 Å². The van der Waals surface area contributed by atoms with Crippen molar-refractivity contribution in [2.75, 3.05) is 13.1 Å². The number of benzene rings is 1. The van der Waals surface area contributed by atoms with Gasteiger partial charge < -0.3 is 11.1 Å². The molecule has 1 saturated heterocycles. The molecule has 1 aliphatic rings. The third-order valence-corrected chi connectivity index (χ3v) is 3.58. The number of rotatable bonds is 3. The minimum atomic E-state index is -1.01. The summed E-state index contributed by atoms with van der Waals surface area (Å²) in [7, 11) is 0. The summed E-state index contributed by atoms with van der Waals surface area (Å²) in [5.41, 5.74) is 5.15. The molecular formula is C12H14BrN3O2. The molecule has 1 aromatic carbocycles. The van der Waals surface area contributed by atoms with Gasteiger partial charge in [0.25, 0.3) is 5.91 Å². The number of halogens is 1. The molecule has 5 nitrogen and oxygen atoms in total. The van der Waals surface area contributed by atoms with E-state index in [4.69, 9.17) is 5.73 Å².